The van der Waals surface area contributed by atoms with Gasteiger partial charge in [0, 0.05) is 25.2 Å². The van der Waals surface area contributed by atoms with Gasteiger partial charge >= 0.3 is 0 Å². The number of halogens is 1. The Morgan fingerprint density at radius 2 is 2.00 bits per heavy atom. The van der Waals surface area contributed by atoms with Gasteiger partial charge in [-0.1, -0.05) is 12.1 Å². The molecule has 0 saturated carbocycles. The summed E-state index contributed by atoms with van der Waals surface area (Å²) >= 11 is 0. The van der Waals surface area contributed by atoms with E-state index < -0.39 is 0 Å². The Hall–Kier alpha value is -1.01. The third kappa shape index (κ3) is 2.95. The Balaban J connectivity index is 1.61. The van der Waals surface area contributed by atoms with Crippen molar-refractivity contribution in [2.24, 2.45) is 5.73 Å². The first-order chi connectivity index (χ1) is 9.22. The van der Waals surface area contributed by atoms with Crippen molar-refractivity contribution in [1.29, 1.82) is 0 Å². The van der Waals surface area contributed by atoms with Crippen molar-refractivity contribution in [2.45, 2.75) is 37.5 Å². The summed E-state index contributed by atoms with van der Waals surface area (Å²) in [5.41, 5.74) is 13.5. The zero-order valence-corrected chi connectivity index (χ0v) is 11.0. The van der Waals surface area contributed by atoms with Crippen molar-refractivity contribution in [3.05, 3.63) is 35.6 Å². The molecule has 5 heteroatoms. The number of rotatable bonds is 2. The second-order valence-electron chi connectivity index (χ2n) is 5.52. The molecular weight excluding hydrogens is 243 g/mol. The standard InChI is InChI=1S/C14H21FN4/c15-11-3-1-2-10(8-11)13-9-14(18-17-13)19-6-4-12(16)5-7-19/h1-3,8,12-14,17-18H,4-7,9,16H2. The van der Waals surface area contributed by atoms with Crippen molar-refractivity contribution < 1.29 is 4.39 Å². The molecule has 104 valence electrons. The summed E-state index contributed by atoms with van der Waals surface area (Å²) in [6.07, 6.45) is 3.39. The van der Waals surface area contributed by atoms with E-state index >= 15 is 0 Å². The van der Waals surface area contributed by atoms with Crippen molar-refractivity contribution in [3.63, 3.8) is 0 Å². The van der Waals surface area contributed by atoms with Crippen molar-refractivity contribution in [2.75, 3.05) is 13.1 Å². The molecule has 2 aliphatic rings. The van der Waals surface area contributed by atoms with Crippen LogP contribution in [0.5, 0.6) is 0 Å². The fourth-order valence-corrected chi connectivity index (χ4v) is 2.95. The summed E-state index contributed by atoms with van der Waals surface area (Å²) < 4.78 is 13.2. The van der Waals surface area contributed by atoms with Crippen LogP contribution in [-0.4, -0.2) is 30.2 Å². The molecule has 2 heterocycles. The summed E-state index contributed by atoms with van der Waals surface area (Å²) in [4.78, 5) is 2.43. The molecule has 2 fully saturated rings. The molecule has 0 amide bonds. The lowest BCUT2D eigenvalue weighted by Gasteiger charge is -2.34. The van der Waals surface area contributed by atoms with Gasteiger partial charge in [0.2, 0.25) is 0 Å². The monoisotopic (exact) mass is 264 g/mol. The molecule has 2 unspecified atom stereocenters. The zero-order chi connectivity index (χ0) is 13.2. The molecule has 0 bridgehead atoms. The zero-order valence-electron chi connectivity index (χ0n) is 11.0. The van der Waals surface area contributed by atoms with Crippen molar-refractivity contribution >= 4 is 0 Å². The average molecular weight is 264 g/mol. The van der Waals surface area contributed by atoms with E-state index in [-0.39, 0.29) is 11.9 Å². The summed E-state index contributed by atoms with van der Waals surface area (Å²) in [5.74, 6) is -0.174. The fraction of sp³-hybridized carbons (Fsp3) is 0.571. The average Bonchev–Trinajstić information content (AvgIpc) is 2.89. The van der Waals surface area contributed by atoms with Crippen molar-refractivity contribution in [1.82, 2.24) is 15.8 Å². The summed E-state index contributed by atoms with van der Waals surface area (Å²) in [6, 6.07) is 7.35. The summed E-state index contributed by atoms with van der Waals surface area (Å²) in [5, 5.41) is 0. The molecule has 4 N–H and O–H groups in total. The summed E-state index contributed by atoms with van der Waals surface area (Å²) in [7, 11) is 0. The van der Waals surface area contributed by atoms with E-state index in [0.717, 1.165) is 37.9 Å². The maximum absolute atomic E-state index is 13.2. The number of likely N-dealkylation sites (tertiary alicyclic amines) is 1. The molecule has 2 saturated heterocycles. The second kappa shape index (κ2) is 5.54. The van der Waals surface area contributed by atoms with Crippen LogP contribution in [-0.2, 0) is 0 Å². The van der Waals surface area contributed by atoms with Gasteiger partial charge in [0.15, 0.2) is 0 Å². The Labute approximate surface area is 113 Å². The van der Waals surface area contributed by atoms with Gasteiger partial charge < -0.3 is 5.73 Å². The predicted molar refractivity (Wildman–Crippen MR) is 72.6 cm³/mol. The first-order valence-corrected chi connectivity index (χ1v) is 6.98. The van der Waals surface area contributed by atoms with Crippen LogP contribution < -0.4 is 16.6 Å². The Bertz CT molecular complexity index is 431. The minimum absolute atomic E-state index is 0.174. The van der Waals surface area contributed by atoms with Gasteiger partial charge in [-0.2, -0.15) is 0 Å². The van der Waals surface area contributed by atoms with Gasteiger partial charge in [-0.05, 0) is 37.0 Å². The number of nitrogens with one attached hydrogen (secondary N) is 2. The molecule has 2 aliphatic heterocycles. The number of piperidine rings is 1. The largest absolute Gasteiger partial charge is 0.328 e. The normalized spacial score (nSPS) is 29.8. The molecule has 4 nitrogen and oxygen atoms in total. The van der Waals surface area contributed by atoms with E-state index in [1.165, 1.54) is 6.07 Å². The Morgan fingerprint density at radius 1 is 1.21 bits per heavy atom. The van der Waals surface area contributed by atoms with Gasteiger partial charge in [0.25, 0.3) is 0 Å². The Morgan fingerprint density at radius 3 is 2.74 bits per heavy atom. The molecule has 0 aliphatic carbocycles. The molecule has 1 aromatic rings. The molecule has 1 aromatic carbocycles. The van der Waals surface area contributed by atoms with Crippen LogP contribution in [0.25, 0.3) is 0 Å². The van der Waals surface area contributed by atoms with Crippen molar-refractivity contribution in [3.8, 4) is 0 Å². The number of nitrogens with two attached hydrogens (primary N) is 1. The smallest absolute Gasteiger partial charge is 0.123 e. The first kappa shape index (κ1) is 13.0. The number of nitrogens with zero attached hydrogens (tertiary/aromatic N) is 1. The van der Waals surface area contributed by atoms with E-state index in [1.54, 1.807) is 12.1 Å². The lowest BCUT2D eigenvalue weighted by molar-refractivity contribution is 0.137. The van der Waals surface area contributed by atoms with Gasteiger partial charge in [-0.25, -0.2) is 15.2 Å². The van der Waals surface area contributed by atoms with Crippen LogP contribution in [0.1, 0.15) is 30.9 Å². The lowest BCUT2D eigenvalue weighted by Crippen LogP contribution is -2.50. The maximum Gasteiger partial charge on any atom is 0.123 e. The second-order valence-corrected chi connectivity index (χ2v) is 5.52. The van der Waals surface area contributed by atoms with Crippen LogP contribution in [0.3, 0.4) is 0 Å². The number of hydrazine groups is 1. The fourth-order valence-electron chi connectivity index (χ4n) is 2.95. The highest BCUT2D eigenvalue weighted by Crippen LogP contribution is 2.25. The molecule has 0 spiro atoms. The minimum Gasteiger partial charge on any atom is -0.328 e. The van der Waals surface area contributed by atoms with Crippen LogP contribution >= 0.6 is 0 Å². The minimum atomic E-state index is -0.174. The Kier molecular flexibility index (Phi) is 3.79. The number of benzene rings is 1. The highest BCUT2D eigenvalue weighted by atomic mass is 19.1. The van der Waals surface area contributed by atoms with E-state index in [2.05, 4.69) is 15.8 Å². The molecular formula is C14H21FN4. The van der Waals surface area contributed by atoms with E-state index in [0.29, 0.717) is 12.2 Å². The number of hydrogen-bond donors (Lipinski definition) is 3. The van der Waals surface area contributed by atoms with Gasteiger partial charge in [0.1, 0.15) is 5.82 Å². The topological polar surface area (TPSA) is 53.3 Å². The molecule has 0 radical (unpaired) electrons. The van der Waals surface area contributed by atoms with Gasteiger partial charge in [0.05, 0.1) is 6.17 Å². The lowest BCUT2D eigenvalue weighted by atomic mass is 10.0. The van der Waals surface area contributed by atoms with E-state index in [9.17, 15) is 4.39 Å². The molecule has 19 heavy (non-hydrogen) atoms. The maximum atomic E-state index is 13.2. The third-order valence-corrected chi connectivity index (χ3v) is 4.15. The molecule has 2 atom stereocenters. The highest BCUT2D eigenvalue weighted by molar-refractivity contribution is 5.21. The third-order valence-electron chi connectivity index (χ3n) is 4.15. The van der Waals surface area contributed by atoms with Crippen LogP contribution in [0.2, 0.25) is 0 Å². The number of hydrogen-bond acceptors (Lipinski definition) is 4. The quantitative estimate of drug-likeness (QED) is 0.749. The highest BCUT2D eigenvalue weighted by Gasteiger charge is 2.31. The van der Waals surface area contributed by atoms with Gasteiger partial charge in [-0.15, -0.1) is 0 Å². The van der Waals surface area contributed by atoms with E-state index in [1.807, 2.05) is 6.07 Å². The predicted octanol–water partition coefficient (Wildman–Crippen LogP) is 1.11. The SMILES string of the molecule is NC1CCN(C2CC(c3cccc(F)c3)NN2)CC1. The first-order valence-electron chi connectivity index (χ1n) is 6.98. The van der Waals surface area contributed by atoms with Crippen LogP contribution in [0.15, 0.2) is 24.3 Å². The summed E-state index contributed by atoms with van der Waals surface area (Å²) in [6.45, 7) is 2.08. The molecule has 0 aromatic heterocycles. The van der Waals surface area contributed by atoms with Gasteiger partial charge in [-0.3, -0.25) is 4.90 Å². The van der Waals surface area contributed by atoms with E-state index in [4.69, 9.17) is 5.73 Å². The molecule has 3 rings (SSSR count). The van der Waals surface area contributed by atoms with Crippen LogP contribution in [0.4, 0.5) is 4.39 Å². The van der Waals surface area contributed by atoms with Crippen LogP contribution in [0, 0.1) is 5.82 Å².